The van der Waals surface area contributed by atoms with Gasteiger partial charge in [-0.25, -0.2) is 0 Å². The van der Waals surface area contributed by atoms with Crippen molar-refractivity contribution in [2.45, 2.75) is 25.5 Å². The molecule has 0 radical (unpaired) electrons. The van der Waals surface area contributed by atoms with Gasteiger partial charge in [-0.2, -0.15) is 0 Å². The molecule has 0 saturated carbocycles. The van der Waals surface area contributed by atoms with Crippen LogP contribution in [0.1, 0.15) is 30.9 Å². The highest BCUT2D eigenvalue weighted by molar-refractivity contribution is 7.78. The van der Waals surface area contributed by atoms with E-state index < -0.39 is 11.1 Å². The third kappa shape index (κ3) is 3.64. The Balaban J connectivity index is 3.05. The molecule has 1 rings (SSSR count). The summed E-state index contributed by atoms with van der Waals surface area (Å²) in [6.07, 6.45) is 0. The lowest BCUT2D eigenvalue weighted by Gasteiger charge is -2.13. The lowest BCUT2D eigenvalue weighted by molar-refractivity contribution is 0.536. The van der Waals surface area contributed by atoms with Crippen molar-refractivity contribution in [3.8, 4) is 0 Å². The van der Waals surface area contributed by atoms with Crippen LogP contribution in [-0.2, 0) is 16.8 Å². The topological polar surface area (TPSA) is 52.2 Å². The first-order chi connectivity index (χ1) is 7.02. The van der Waals surface area contributed by atoms with Crippen LogP contribution in [0.2, 0.25) is 0 Å². The van der Waals surface area contributed by atoms with Gasteiger partial charge in [-0.1, -0.05) is 31.0 Å². The summed E-state index contributed by atoms with van der Waals surface area (Å²) in [7, 11) is 1.83. The predicted octanol–water partition coefficient (Wildman–Crippen LogP) is 2.23. The van der Waals surface area contributed by atoms with E-state index in [4.69, 9.17) is 0 Å². The van der Waals surface area contributed by atoms with E-state index in [1.165, 1.54) is 0 Å². The van der Waals surface area contributed by atoms with Crippen LogP contribution in [0.25, 0.3) is 0 Å². The summed E-state index contributed by atoms with van der Waals surface area (Å²) in [6, 6.07) is 5.85. The molecule has 0 spiro atoms. The summed E-state index contributed by atoms with van der Waals surface area (Å²) in [5.41, 5.74) is 2.95. The van der Waals surface area contributed by atoms with E-state index >= 15 is 0 Å². The van der Waals surface area contributed by atoms with E-state index in [0.717, 1.165) is 16.8 Å². The van der Waals surface area contributed by atoms with Crippen LogP contribution in [0, 0.1) is 0 Å². The fraction of sp³-hybridized carbons (Fsp3) is 0.455. The van der Waals surface area contributed by atoms with Crippen molar-refractivity contribution < 1.29 is 8.76 Å². The van der Waals surface area contributed by atoms with Crippen molar-refractivity contribution in [2.75, 3.05) is 12.4 Å². The Labute approximate surface area is 93.2 Å². The Morgan fingerprint density at radius 1 is 1.40 bits per heavy atom. The molecule has 1 aromatic carbocycles. The minimum absolute atomic E-state index is 0.0786. The maximum absolute atomic E-state index is 10.6. The number of anilines is 1. The second-order valence-electron chi connectivity index (χ2n) is 3.82. The lowest BCUT2D eigenvalue weighted by atomic mass is 10.0. The summed E-state index contributed by atoms with van der Waals surface area (Å²) < 4.78 is 21.3. The third-order valence-corrected chi connectivity index (χ3v) is 2.82. The van der Waals surface area contributed by atoms with Gasteiger partial charge in [-0.05, 0) is 29.2 Å². The van der Waals surface area contributed by atoms with Crippen molar-refractivity contribution in [2.24, 2.45) is 0 Å². The zero-order valence-corrected chi connectivity index (χ0v) is 10.1. The van der Waals surface area contributed by atoms with Gasteiger partial charge >= 0.3 is 0 Å². The summed E-state index contributed by atoms with van der Waals surface area (Å²) >= 11 is -2.03. The number of hydrogen-bond acceptors (Lipinski definition) is 3. The minimum atomic E-state index is -2.03. The van der Waals surface area contributed by atoms with Crippen molar-refractivity contribution >= 4 is 16.8 Å². The minimum Gasteiger partial charge on any atom is -0.772 e. The smallest absolute Gasteiger partial charge is 0.0354 e. The largest absolute Gasteiger partial charge is 0.772 e. The molecule has 1 aromatic rings. The average Bonchev–Trinajstić information content (AvgIpc) is 2.16. The van der Waals surface area contributed by atoms with Crippen molar-refractivity contribution in [3.05, 3.63) is 29.3 Å². The molecular formula is C11H16NO2S-. The molecule has 0 aromatic heterocycles. The van der Waals surface area contributed by atoms with Crippen LogP contribution >= 0.6 is 0 Å². The van der Waals surface area contributed by atoms with Gasteiger partial charge in [0.2, 0.25) is 0 Å². The van der Waals surface area contributed by atoms with Crippen LogP contribution in [0.5, 0.6) is 0 Å². The Hall–Kier alpha value is -0.870. The second kappa shape index (κ2) is 5.28. The van der Waals surface area contributed by atoms with Gasteiger partial charge in [0, 0.05) is 18.5 Å². The SMILES string of the molecule is CNc1cc(CS(=O)[O-])cc(C(C)C)c1. The Morgan fingerprint density at radius 2 is 2.07 bits per heavy atom. The number of rotatable bonds is 4. The van der Waals surface area contributed by atoms with Gasteiger partial charge in [0.1, 0.15) is 0 Å². The van der Waals surface area contributed by atoms with Gasteiger partial charge in [0.15, 0.2) is 0 Å². The van der Waals surface area contributed by atoms with E-state index in [1.54, 1.807) is 0 Å². The molecule has 0 amide bonds. The van der Waals surface area contributed by atoms with Crippen LogP contribution in [-0.4, -0.2) is 15.8 Å². The Bertz CT molecular complexity index is 364. The Morgan fingerprint density at radius 3 is 2.53 bits per heavy atom. The first-order valence-electron chi connectivity index (χ1n) is 4.90. The monoisotopic (exact) mass is 226 g/mol. The van der Waals surface area contributed by atoms with Crippen molar-refractivity contribution in [1.82, 2.24) is 0 Å². The van der Waals surface area contributed by atoms with E-state index in [0.29, 0.717) is 5.92 Å². The zero-order chi connectivity index (χ0) is 11.4. The second-order valence-corrected chi connectivity index (χ2v) is 4.71. The summed E-state index contributed by atoms with van der Waals surface area (Å²) in [5, 5.41) is 3.03. The fourth-order valence-corrected chi connectivity index (χ4v) is 1.85. The molecular weight excluding hydrogens is 210 g/mol. The van der Waals surface area contributed by atoms with E-state index in [1.807, 2.05) is 25.2 Å². The van der Waals surface area contributed by atoms with Gasteiger partial charge in [-0.3, -0.25) is 4.21 Å². The fourth-order valence-electron chi connectivity index (χ4n) is 1.42. The standard InChI is InChI=1S/C11H17NO2S/c1-8(2)10-4-9(7-15(13)14)5-11(6-10)12-3/h4-6,8,12H,7H2,1-3H3,(H,13,14)/p-1. The molecule has 0 heterocycles. The highest BCUT2D eigenvalue weighted by atomic mass is 32.2. The van der Waals surface area contributed by atoms with Crippen molar-refractivity contribution in [1.29, 1.82) is 0 Å². The molecule has 84 valence electrons. The molecule has 4 heteroatoms. The van der Waals surface area contributed by atoms with Crippen LogP contribution < -0.4 is 5.32 Å². The highest BCUT2D eigenvalue weighted by Gasteiger charge is 2.03. The first-order valence-corrected chi connectivity index (χ1v) is 6.15. The lowest BCUT2D eigenvalue weighted by Crippen LogP contribution is -1.99. The first kappa shape index (κ1) is 12.2. The number of nitrogens with one attached hydrogen (secondary N) is 1. The van der Waals surface area contributed by atoms with Gasteiger partial charge in [0.05, 0.1) is 0 Å². The van der Waals surface area contributed by atoms with Gasteiger partial charge < -0.3 is 9.87 Å². The Kier molecular flexibility index (Phi) is 4.29. The normalized spacial score (nSPS) is 12.9. The van der Waals surface area contributed by atoms with Gasteiger partial charge in [-0.15, -0.1) is 0 Å². The van der Waals surface area contributed by atoms with Crippen LogP contribution in [0.3, 0.4) is 0 Å². The molecule has 0 bridgehead atoms. The molecule has 3 nitrogen and oxygen atoms in total. The highest BCUT2D eigenvalue weighted by Crippen LogP contribution is 2.21. The number of hydrogen-bond donors (Lipinski definition) is 1. The van der Waals surface area contributed by atoms with Crippen LogP contribution in [0.4, 0.5) is 5.69 Å². The molecule has 1 atom stereocenters. The molecule has 0 fully saturated rings. The van der Waals surface area contributed by atoms with E-state index in [2.05, 4.69) is 19.2 Å². The average molecular weight is 226 g/mol. The maximum Gasteiger partial charge on any atom is 0.0354 e. The van der Waals surface area contributed by atoms with E-state index in [-0.39, 0.29) is 5.75 Å². The van der Waals surface area contributed by atoms with E-state index in [9.17, 15) is 8.76 Å². The summed E-state index contributed by atoms with van der Waals surface area (Å²) in [5.74, 6) is 0.479. The third-order valence-electron chi connectivity index (χ3n) is 2.25. The molecule has 0 saturated heterocycles. The quantitative estimate of drug-likeness (QED) is 0.801. The summed E-state index contributed by atoms with van der Waals surface area (Å²) in [4.78, 5) is 0. The zero-order valence-electron chi connectivity index (χ0n) is 9.24. The van der Waals surface area contributed by atoms with Gasteiger partial charge in [0.25, 0.3) is 0 Å². The summed E-state index contributed by atoms with van der Waals surface area (Å²) in [6.45, 7) is 4.18. The van der Waals surface area contributed by atoms with Crippen LogP contribution in [0.15, 0.2) is 18.2 Å². The molecule has 0 aliphatic rings. The maximum atomic E-state index is 10.6. The molecule has 1 unspecified atom stereocenters. The van der Waals surface area contributed by atoms with Crippen molar-refractivity contribution in [3.63, 3.8) is 0 Å². The predicted molar refractivity (Wildman–Crippen MR) is 62.7 cm³/mol. The molecule has 0 aliphatic carbocycles. The number of benzene rings is 1. The molecule has 0 aliphatic heterocycles. The molecule has 1 N–H and O–H groups in total. The molecule has 15 heavy (non-hydrogen) atoms.